The van der Waals surface area contributed by atoms with Crippen LogP contribution in [0.5, 0.6) is 0 Å². The van der Waals surface area contributed by atoms with Gasteiger partial charge in [0.05, 0.1) is 6.54 Å². The Kier molecular flexibility index (Phi) is 10.3. The van der Waals surface area contributed by atoms with Crippen molar-refractivity contribution >= 4 is 47.5 Å². The van der Waals surface area contributed by atoms with Crippen molar-refractivity contribution in [1.29, 1.82) is 0 Å². The van der Waals surface area contributed by atoms with Gasteiger partial charge in [0.15, 0.2) is 5.96 Å². The van der Waals surface area contributed by atoms with E-state index in [1.54, 1.807) is 6.07 Å². The molecule has 154 valence electrons. The Hall–Kier alpha value is -1.82. The van der Waals surface area contributed by atoms with Crippen LogP contribution in [0.1, 0.15) is 18.2 Å². The Bertz CT molecular complexity index is 773. The average molecular weight is 529 g/mol. The SMILES string of the molecule is CCNC(=NCc1ccccc1Cl)NCCNc1nccc(C(F)(F)F)n1.I. The third-order valence-corrected chi connectivity index (χ3v) is 3.72. The zero-order valence-electron chi connectivity index (χ0n) is 15.1. The minimum atomic E-state index is -4.50. The first-order valence-corrected chi connectivity index (χ1v) is 8.67. The molecule has 0 saturated carbocycles. The number of hydrogen-bond acceptors (Lipinski definition) is 4. The van der Waals surface area contributed by atoms with Crippen LogP contribution >= 0.6 is 35.6 Å². The standard InChI is InChI=1S/C17H20ClF3N6.HI/c1-2-22-15(26-11-12-5-3-4-6-13(12)18)24-9-10-25-16-23-8-7-14(27-16)17(19,20)21;/h3-8H,2,9-11H2,1H3,(H2,22,24,26)(H,23,25,27);1H. The van der Waals surface area contributed by atoms with Crippen molar-refractivity contribution in [3.05, 3.63) is 52.8 Å². The number of aliphatic imine (C=N–C) groups is 1. The zero-order valence-corrected chi connectivity index (χ0v) is 18.1. The van der Waals surface area contributed by atoms with Gasteiger partial charge in [0.1, 0.15) is 5.69 Å². The molecule has 0 bridgehead atoms. The molecular formula is C17H21ClF3IN6. The highest BCUT2D eigenvalue weighted by molar-refractivity contribution is 14.0. The molecule has 0 saturated heterocycles. The monoisotopic (exact) mass is 528 g/mol. The maximum absolute atomic E-state index is 12.6. The molecular weight excluding hydrogens is 508 g/mol. The largest absolute Gasteiger partial charge is 0.433 e. The molecule has 0 aliphatic carbocycles. The van der Waals surface area contributed by atoms with Gasteiger partial charge in [0.25, 0.3) is 0 Å². The summed E-state index contributed by atoms with van der Waals surface area (Å²) in [5.41, 5.74) is -0.0885. The molecule has 3 N–H and O–H groups in total. The second kappa shape index (κ2) is 11.9. The third kappa shape index (κ3) is 8.05. The van der Waals surface area contributed by atoms with Gasteiger partial charge in [-0.25, -0.2) is 15.0 Å². The van der Waals surface area contributed by atoms with Crippen LogP contribution in [-0.4, -0.2) is 35.6 Å². The molecule has 0 spiro atoms. The molecule has 6 nitrogen and oxygen atoms in total. The minimum absolute atomic E-state index is 0. The van der Waals surface area contributed by atoms with Crippen LogP contribution in [0.2, 0.25) is 5.02 Å². The van der Waals surface area contributed by atoms with Gasteiger partial charge in [-0.15, -0.1) is 24.0 Å². The summed E-state index contributed by atoms with van der Waals surface area (Å²) in [5, 5.41) is 9.56. The van der Waals surface area contributed by atoms with Crippen LogP contribution in [0.15, 0.2) is 41.5 Å². The van der Waals surface area contributed by atoms with Gasteiger partial charge in [0, 0.05) is 30.9 Å². The molecule has 0 radical (unpaired) electrons. The van der Waals surface area contributed by atoms with Crippen molar-refractivity contribution in [2.45, 2.75) is 19.6 Å². The summed E-state index contributed by atoms with van der Waals surface area (Å²) in [7, 11) is 0. The number of nitrogens with zero attached hydrogens (tertiary/aromatic N) is 3. The number of aromatic nitrogens is 2. The van der Waals surface area contributed by atoms with Crippen molar-refractivity contribution in [2.75, 3.05) is 25.0 Å². The Morgan fingerprint density at radius 3 is 2.57 bits per heavy atom. The second-order valence-corrected chi connectivity index (χ2v) is 5.81. The Morgan fingerprint density at radius 2 is 1.89 bits per heavy atom. The summed E-state index contributed by atoms with van der Waals surface area (Å²) in [6.45, 7) is 3.73. The molecule has 1 aromatic carbocycles. The van der Waals surface area contributed by atoms with E-state index in [0.717, 1.165) is 17.8 Å². The molecule has 0 amide bonds. The first-order valence-electron chi connectivity index (χ1n) is 8.30. The summed E-state index contributed by atoms with van der Waals surface area (Å²) in [5.74, 6) is 0.494. The highest BCUT2D eigenvalue weighted by Gasteiger charge is 2.32. The maximum atomic E-state index is 12.6. The lowest BCUT2D eigenvalue weighted by atomic mass is 10.2. The Morgan fingerprint density at radius 1 is 1.14 bits per heavy atom. The van der Waals surface area contributed by atoms with Gasteiger partial charge >= 0.3 is 6.18 Å². The number of guanidine groups is 1. The zero-order chi connectivity index (χ0) is 19.7. The average Bonchev–Trinajstić information content (AvgIpc) is 2.64. The van der Waals surface area contributed by atoms with Gasteiger partial charge in [0.2, 0.25) is 5.95 Å². The number of alkyl halides is 3. The van der Waals surface area contributed by atoms with E-state index in [2.05, 4.69) is 30.9 Å². The highest BCUT2D eigenvalue weighted by Crippen LogP contribution is 2.27. The Labute approximate surface area is 183 Å². The van der Waals surface area contributed by atoms with Gasteiger partial charge < -0.3 is 16.0 Å². The normalized spacial score (nSPS) is 11.5. The van der Waals surface area contributed by atoms with Gasteiger partial charge in [-0.2, -0.15) is 13.2 Å². The molecule has 2 aromatic rings. The van der Waals surface area contributed by atoms with E-state index in [4.69, 9.17) is 11.6 Å². The number of rotatable bonds is 7. The summed E-state index contributed by atoms with van der Waals surface area (Å²) in [4.78, 5) is 11.7. The van der Waals surface area contributed by atoms with E-state index in [0.29, 0.717) is 37.2 Å². The van der Waals surface area contributed by atoms with Gasteiger partial charge in [-0.1, -0.05) is 29.8 Å². The molecule has 0 aliphatic heterocycles. The molecule has 0 aliphatic rings. The lowest BCUT2D eigenvalue weighted by molar-refractivity contribution is -0.141. The predicted molar refractivity (Wildman–Crippen MR) is 115 cm³/mol. The van der Waals surface area contributed by atoms with Crippen LogP contribution in [0.25, 0.3) is 0 Å². The maximum Gasteiger partial charge on any atom is 0.433 e. The number of hydrogen-bond donors (Lipinski definition) is 3. The van der Waals surface area contributed by atoms with Crippen molar-refractivity contribution in [3.8, 4) is 0 Å². The van der Waals surface area contributed by atoms with Crippen molar-refractivity contribution in [1.82, 2.24) is 20.6 Å². The fourth-order valence-electron chi connectivity index (χ4n) is 2.09. The van der Waals surface area contributed by atoms with Crippen molar-refractivity contribution in [3.63, 3.8) is 0 Å². The summed E-state index contributed by atoms with van der Waals surface area (Å²) in [6.07, 6.45) is -3.43. The molecule has 0 fully saturated rings. The van der Waals surface area contributed by atoms with Crippen LogP contribution in [0.4, 0.5) is 19.1 Å². The minimum Gasteiger partial charge on any atom is -0.357 e. The number of halogens is 5. The number of nitrogens with one attached hydrogen (secondary N) is 3. The van der Waals surface area contributed by atoms with Crippen LogP contribution < -0.4 is 16.0 Å². The quantitative estimate of drug-likeness (QED) is 0.220. The molecule has 11 heteroatoms. The first-order chi connectivity index (χ1) is 12.9. The van der Waals surface area contributed by atoms with E-state index < -0.39 is 11.9 Å². The van der Waals surface area contributed by atoms with Gasteiger partial charge in [-0.3, -0.25) is 0 Å². The van der Waals surface area contributed by atoms with E-state index in [-0.39, 0.29) is 29.9 Å². The van der Waals surface area contributed by atoms with E-state index >= 15 is 0 Å². The van der Waals surface area contributed by atoms with E-state index in [1.165, 1.54) is 0 Å². The molecule has 1 aromatic heterocycles. The summed E-state index contributed by atoms with van der Waals surface area (Å²) < 4.78 is 37.9. The fourth-order valence-corrected chi connectivity index (χ4v) is 2.29. The number of anilines is 1. The molecule has 1 heterocycles. The van der Waals surface area contributed by atoms with Crippen LogP contribution in [-0.2, 0) is 12.7 Å². The highest BCUT2D eigenvalue weighted by atomic mass is 127. The predicted octanol–water partition coefficient (Wildman–Crippen LogP) is 3.93. The third-order valence-electron chi connectivity index (χ3n) is 3.36. The van der Waals surface area contributed by atoms with Crippen LogP contribution in [0.3, 0.4) is 0 Å². The summed E-state index contributed by atoms with van der Waals surface area (Å²) in [6, 6.07) is 8.25. The van der Waals surface area contributed by atoms with E-state index in [9.17, 15) is 13.2 Å². The second-order valence-electron chi connectivity index (χ2n) is 5.40. The fraction of sp³-hybridized carbons (Fsp3) is 0.353. The lowest BCUT2D eigenvalue weighted by Crippen LogP contribution is -2.39. The molecule has 28 heavy (non-hydrogen) atoms. The van der Waals surface area contributed by atoms with Gasteiger partial charge in [-0.05, 0) is 24.6 Å². The number of benzene rings is 1. The molecule has 0 unspecified atom stereocenters. The van der Waals surface area contributed by atoms with E-state index in [1.807, 2.05) is 25.1 Å². The first kappa shape index (κ1) is 24.2. The Balaban J connectivity index is 0.00000392. The summed E-state index contributed by atoms with van der Waals surface area (Å²) >= 11 is 6.11. The molecule has 0 atom stereocenters. The van der Waals surface area contributed by atoms with Crippen molar-refractivity contribution in [2.24, 2.45) is 4.99 Å². The molecule has 2 rings (SSSR count). The lowest BCUT2D eigenvalue weighted by Gasteiger charge is -2.12. The topological polar surface area (TPSA) is 74.2 Å². The smallest absolute Gasteiger partial charge is 0.357 e. The van der Waals surface area contributed by atoms with Crippen LogP contribution in [0, 0.1) is 0 Å². The van der Waals surface area contributed by atoms with Crippen molar-refractivity contribution < 1.29 is 13.2 Å².